The third-order valence-corrected chi connectivity index (χ3v) is 5.24. The van der Waals surface area contributed by atoms with Crippen LogP contribution in [-0.4, -0.2) is 17.2 Å². The van der Waals surface area contributed by atoms with Gasteiger partial charge in [0.15, 0.2) is 5.82 Å². The molecule has 3 nitrogen and oxygen atoms in total. The van der Waals surface area contributed by atoms with Crippen molar-refractivity contribution in [2.75, 3.05) is 23.9 Å². The van der Waals surface area contributed by atoms with Crippen molar-refractivity contribution < 1.29 is 0 Å². The Bertz CT molecular complexity index is 365. The molecule has 1 aliphatic rings. The first-order valence-corrected chi connectivity index (χ1v) is 8.23. The average Bonchev–Trinajstić information content (AvgIpc) is 2.67. The van der Waals surface area contributed by atoms with E-state index in [4.69, 9.17) is 5.73 Å². The fourth-order valence-corrected chi connectivity index (χ4v) is 4.13. The molecule has 96 valence electrons. The Kier molecular flexibility index (Phi) is 4.56. The maximum atomic E-state index is 5.82. The number of nitrogens with one attached hydrogen (secondary N) is 1. The zero-order valence-electron chi connectivity index (χ0n) is 10.5. The van der Waals surface area contributed by atoms with Crippen LogP contribution in [0.25, 0.3) is 0 Å². The number of nitrogen functional groups attached to an aromatic ring is 1. The lowest BCUT2D eigenvalue weighted by molar-refractivity contribution is 0.293. The molecule has 1 saturated carbocycles. The van der Waals surface area contributed by atoms with Gasteiger partial charge < -0.3 is 11.1 Å². The van der Waals surface area contributed by atoms with E-state index in [1.165, 1.54) is 37.2 Å². The van der Waals surface area contributed by atoms with Gasteiger partial charge in [-0.25, -0.2) is 0 Å². The average molecular weight is 271 g/mol. The van der Waals surface area contributed by atoms with Crippen molar-refractivity contribution in [3.8, 4) is 0 Å². The maximum Gasteiger partial charge on any atom is 0.153 e. The molecule has 2 unspecified atom stereocenters. The molecule has 0 radical (unpaired) electrons. The van der Waals surface area contributed by atoms with Gasteiger partial charge in [0.2, 0.25) is 0 Å². The van der Waals surface area contributed by atoms with Crippen molar-refractivity contribution in [1.29, 1.82) is 0 Å². The van der Waals surface area contributed by atoms with Crippen molar-refractivity contribution in [3.05, 3.63) is 0 Å². The van der Waals surface area contributed by atoms with E-state index < -0.39 is 0 Å². The van der Waals surface area contributed by atoms with Crippen molar-refractivity contribution in [2.24, 2.45) is 11.8 Å². The Hall–Kier alpha value is -0.420. The zero-order valence-corrected chi connectivity index (χ0v) is 12.2. The first-order chi connectivity index (χ1) is 8.20. The maximum absolute atomic E-state index is 5.82. The van der Waals surface area contributed by atoms with E-state index in [0.717, 1.165) is 28.3 Å². The van der Waals surface area contributed by atoms with E-state index in [9.17, 15) is 0 Å². The van der Waals surface area contributed by atoms with Gasteiger partial charge in [0.1, 0.15) is 5.00 Å². The zero-order chi connectivity index (χ0) is 12.3. The summed E-state index contributed by atoms with van der Waals surface area (Å²) in [6, 6.07) is 0. The lowest BCUT2D eigenvalue weighted by atomic mass is 9.82. The van der Waals surface area contributed by atoms with Gasteiger partial charge >= 0.3 is 0 Å². The summed E-state index contributed by atoms with van der Waals surface area (Å²) in [6.07, 6.45) is 7.55. The first kappa shape index (κ1) is 13.0. The van der Waals surface area contributed by atoms with Crippen LogP contribution in [0.4, 0.5) is 10.8 Å². The Morgan fingerprint density at radius 3 is 3.06 bits per heavy atom. The lowest BCUT2D eigenvalue weighted by Gasteiger charge is -2.26. The van der Waals surface area contributed by atoms with E-state index in [-0.39, 0.29) is 0 Å². The van der Waals surface area contributed by atoms with Crippen LogP contribution < -0.4 is 11.1 Å². The second-order valence-electron chi connectivity index (χ2n) is 4.95. The molecule has 17 heavy (non-hydrogen) atoms. The molecule has 3 N–H and O–H groups in total. The van der Waals surface area contributed by atoms with Gasteiger partial charge in [-0.1, -0.05) is 19.8 Å². The molecular weight excluding hydrogens is 250 g/mol. The molecule has 1 heterocycles. The van der Waals surface area contributed by atoms with Gasteiger partial charge in [-0.05, 0) is 42.5 Å². The van der Waals surface area contributed by atoms with E-state index in [2.05, 4.69) is 16.6 Å². The highest BCUT2D eigenvalue weighted by atomic mass is 32.2. The molecule has 1 aromatic rings. The number of hydrogen-bond acceptors (Lipinski definition) is 5. The summed E-state index contributed by atoms with van der Waals surface area (Å²) in [5.74, 6) is 2.38. The second-order valence-corrected chi connectivity index (χ2v) is 6.54. The number of nitrogens with zero attached hydrogens (tertiary/aromatic N) is 1. The lowest BCUT2D eigenvalue weighted by Crippen LogP contribution is -2.20. The normalized spacial score (nSPS) is 24.8. The summed E-state index contributed by atoms with van der Waals surface area (Å²) in [5.41, 5.74) is 5.82. The molecule has 2 atom stereocenters. The molecule has 0 saturated heterocycles. The topological polar surface area (TPSA) is 50.9 Å². The van der Waals surface area contributed by atoms with Crippen molar-refractivity contribution in [3.63, 3.8) is 0 Å². The fraction of sp³-hybridized carbons (Fsp3) is 0.750. The van der Waals surface area contributed by atoms with Crippen LogP contribution in [0.5, 0.6) is 0 Å². The minimum Gasteiger partial charge on any atom is -0.382 e. The van der Waals surface area contributed by atoms with Crippen LogP contribution in [0, 0.1) is 11.8 Å². The highest BCUT2D eigenvalue weighted by Gasteiger charge is 2.19. The van der Waals surface area contributed by atoms with Crippen molar-refractivity contribution in [2.45, 2.75) is 37.5 Å². The third-order valence-electron chi connectivity index (χ3n) is 3.47. The number of rotatable bonds is 4. The molecule has 0 bridgehead atoms. The standard InChI is InChI=1S/C12H21N3S2/c1-8-4-3-5-9(6-8)7-14-12-10(16-2)11(13)15-17-12/h8-9,14H,3-7H2,1-2H3,(H2,13,15). The molecule has 2 rings (SSSR count). The Labute approximate surface area is 112 Å². The monoisotopic (exact) mass is 271 g/mol. The van der Waals surface area contributed by atoms with Gasteiger partial charge in [-0.15, -0.1) is 11.8 Å². The molecular formula is C12H21N3S2. The molecule has 0 spiro atoms. The number of hydrogen-bond donors (Lipinski definition) is 2. The van der Waals surface area contributed by atoms with Crippen LogP contribution in [0.2, 0.25) is 0 Å². The largest absolute Gasteiger partial charge is 0.382 e. The predicted octanol–water partition coefficient (Wildman–Crippen LogP) is 3.69. The SMILES string of the molecule is CSc1c(N)nsc1NCC1CCCC(C)C1. The summed E-state index contributed by atoms with van der Waals surface area (Å²) < 4.78 is 4.20. The van der Waals surface area contributed by atoms with E-state index >= 15 is 0 Å². The van der Waals surface area contributed by atoms with Crippen molar-refractivity contribution in [1.82, 2.24) is 4.37 Å². The van der Waals surface area contributed by atoms with Crippen LogP contribution >= 0.6 is 23.3 Å². The summed E-state index contributed by atoms with van der Waals surface area (Å²) in [7, 11) is 0. The Balaban J connectivity index is 1.88. The molecule has 1 aromatic heterocycles. The highest BCUT2D eigenvalue weighted by Crippen LogP contribution is 2.35. The number of thioether (sulfide) groups is 1. The molecule has 1 aliphatic carbocycles. The number of anilines is 2. The summed E-state index contributed by atoms with van der Waals surface area (Å²) in [5, 5.41) is 4.68. The highest BCUT2D eigenvalue weighted by molar-refractivity contribution is 7.99. The van der Waals surface area contributed by atoms with Crippen LogP contribution in [-0.2, 0) is 0 Å². The molecule has 0 amide bonds. The minimum absolute atomic E-state index is 0.669. The molecule has 5 heteroatoms. The van der Waals surface area contributed by atoms with Crippen LogP contribution in [0.1, 0.15) is 32.6 Å². The van der Waals surface area contributed by atoms with Gasteiger partial charge in [-0.2, -0.15) is 4.37 Å². The fourth-order valence-electron chi connectivity index (χ4n) is 2.59. The molecule has 0 aromatic carbocycles. The molecule has 1 fully saturated rings. The van der Waals surface area contributed by atoms with Gasteiger partial charge in [0.05, 0.1) is 4.90 Å². The number of aromatic nitrogens is 1. The quantitative estimate of drug-likeness (QED) is 0.820. The van der Waals surface area contributed by atoms with Crippen molar-refractivity contribution >= 4 is 34.1 Å². The van der Waals surface area contributed by atoms with Gasteiger partial charge in [0, 0.05) is 6.54 Å². The first-order valence-electron chi connectivity index (χ1n) is 6.23. The second kappa shape index (κ2) is 5.96. The number of nitrogens with two attached hydrogens (primary N) is 1. The van der Waals surface area contributed by atoms with Gasteiger partial charge in [0.25, 0.3) is 0 Å². The van der Waals surface area contributed by atoms with E-state index in [1.54, 1.807) is 11.8 Å². The summed E-state index contributed by atoms with van der Waals surface area (Å²) in [6.45, 7) is 3.43. The smallest absolute Gasteiger partial charge is 0.153 e. The predicted molar refractivity (Wildman–Crippen MR) is 77.9 cm³/mol. The van der Waals surface area contributed by atoms with Crippen LogP contribution in [0.3, 0.4) is 0 Å². The van der Waals surface area contributed by atoms with Crippen LogP contribution in [0.15, 0.2) is 4.90 Å². The Morgan fingerprint density at radius 2 is 2.35 bits per heavy atom. The third kappa shape index (κ3) is 3.28. The van der Waals surface area contributed by atoms with E-state index in [0.29, 0.717) is 5.82 Å². The van der Waals surface area contributed by atoms with Gasteiger partial charge in [-0.3, -0.25) is 0 Å². The summed E-state index contributed by atoms with van der Waals surface area (Å²) >= 11 is 3.16. The van der Waals surface area contributed by atoms with E-state index in [1.807, 2.05) is 6.26 Å². The summed E-state index contributed by atoms with van der Waals surface area (Å²) in [4.78, 5) is 1.11. The Morgan fingerprint density at radius 1 is 1.53 bits per heavy atom. The minimum atomic E-state index is 0.669. The molecule has 0 aliphatic heterocycles.